The molecule has 3 aliphatic carbocycles. The Balaban J connectivity index is 1.47. The molecule has 1 aromatic heterocycles. The van der Waals surface area contributed by atoms with E-state index in [-0.39, 0.29) is 11.3 Å². The van der Waals surface area contributed by atoms with Crippen molar-refractivity contribution >= 4 is 11.6 Å². The lowest BCUT2D eigenvalue weighted by Crippen LogP contribution is -2.49. The second-order valence-electron chi connectivity index (χ2n) is 9.31. The lowest BCUT2D eigenvalue weighted by Gasteiger charge is -2.56. The summed E-state index contributed by atoms with van der Waals surface area (Å²) in [6.45, 7) is 5.77. The second-order valence-corrected chi connectivity index (χ2v) is 9.31. The number of rotatable bonds is 1. The van der Waals surface area contributed by atoms with Crippen molar-refractivity contribution in [3.05, 3.63) is 36.4 Å². The zero-order valence-electron chi connectivity index (χ0n) is 15.9. The number of aromatic nitrogens is 2. The van der Waals surface area contributed by atoms with Gasteiger partial charge >= 0.3 is 0 Å². The third-order valence-corrected chi connectivity index (χ3v) is 8.27. The minimum Gasteiger partial charge on any atom is -0.356 e. The summed E-state index contributed by atoms with van der Waals surface area (Å²) in [7, 11) is 0. The summed E-state index contributed by atoms with van der Waals surface area (Å²) in [4.78, 5) is 16.4. The average molecular weight is 351 g/mol. The zero-order valence-corrected chi connectivity index (χ0v) is 15.9. The molecule has 1 N–H and O–H groups in total. The van der Waals surface area contributed by atoms with Crippen LogP contribution in [0.1, 0.15) is 52.4 Å². The highest BCUT2D eigenvalue weighted by Gasteiger charge is 2.56. The molecule has 0 radical (unpaired) electrons. The first-order valence-corrected chi connectivity index (χ1v) is 10.2. The van der Waals surface area contributed by atoms with E-state index in [1.807, 2.05) is 12.5 Å². The van der Waals surface area contributed by atoms with Crippen LogP contribution in [0.25, 0.3) is 5.70 Å². The molecule has 1 aromatic rings. The quantitative estimate of drug-likeness (QED) is 0.830. The topological polar surface area (TPSA) is 46.9 Å². The Hall–Kier alpha value is -1.84. The molecule has 5 unspecified atom stereocenters. The van der Waals surface area contributed by atoms with Crippen molar-refractivity contribution in [3.63, 3.8) is 0 Å². The highest BCUT2D eigenvalue weighted by atomic mass is 16.1. The molecule has 1 aliphatic heterocycles. The number of imidazole rings is 1. The summed E-state index contributed by atoms with van der Waals surface area (Å²) in [5.74, 6) is 2.20. The first-order chi connectivity index (χ1) is 12.5. The van der Waals surface area contributed by atoms with Crippen LogP contribution >= 0.6 is 0 Å². The molecule has 2 saturated carbocycles. The van der Waals surface area contributed by atoms with E-state index in [1.54, 1.807) is 5.57 Å². The van der Waals surface area contributed by atoms with Crippen LogP contribution < -0.4 is 5.32 Å². The monoisotopic (exact) mass is 351 g/mol. The Morgan fingerprint density at radius 2 is 2.08 bits per heavy atom. The van der Waals surface area contributed by atoms with Crippen LogP contribution in [0.3, 0.4) is 0 Å². The SMILES string of the molecule is CC12CCC3C(CCC4CC(=O)NCCC43C)C1=CC=C2n1ccnc1. The Morgan fingerprint density at radius 1 is 1.19 bits per heavy atom. The molecular formula is C22H29N3O. The van der Waals surface area contributed by atoms with E-state index in [9.17, 15) is 4.79 Å². The molecule has 4 aliphatic rings. The van der Waals surface area contributed by atoms with E-state index in [0.717, 1.165) is 19.4 Å². The average Bonchev–Trinajstić information content (AvgIpc) is 3.20. The molecule has 2 heterocycles. The molecule has 26 heavy (non-hydrogen) atoms. The van der Waals surface area contributed by atoms with Crippen LogP contribution in [0, 0.1) is 28.6 Å². The maximum absolute atomic E-state index is 12.1. The van der Waals surface area contributed by atoms with Crippen LogP contribution in [0.4, 0.5) is 0 Å². The van der Waals surface area contributed by atoms with E-state index < -0.39 is 0 Å². The molecule has 1 amide bonds. The summed E-state index contributed by atoms with van der Waals surface area (Å²) < 4.78 is 2.20. The van der Waals surface area contributed by atoms with E-state index in [0.29, 0.717) is 23.2 Å². The molecular weight excluding hydrogens is 322 g/mol. The van der Waals surface area contributed by atoms with Crippen molar-refractivity contribution < 1.29 is 4.79 Å². The molecule has 4 heteroatoms. The molecule has 5 rings (SSSR count). The predicted octanol–water partition coefficient (Wildman–Crippen LogP) is 4.02. The normalized spacial score (nSPS) is 41.9. The number of nitrogens with zero attached hydrogens (tertiary/aromatic N) is 2. The van der Waals surface area contributed by atoms with Gasteiger partial charge in [-0.3, -0.25) is 4.79 Å². The molecule has 0 bridgehead atoms. The van der Waals surface area contributed by atoms with Gasteiger partial charge in [-0.15, -0.1) is 0 Å². The lowest BCUT2D eigenvalue weighted by molar-refractivity contribution is -0.123. The molecule has 0 spiro atoms. The first-order valence-electron chi connectivity index (χ1n) is 10.2. The van der Waals surface area contributed by atoms with Crippen molar-refractivity contribution in [1.82, 2.24) is 14.9 Å². The van der Waals surface area contributed by atoms with Crippen LogP contribution in [-0.4, -0.2) is 22.0 Å². The third kappa shape index (κ3) is 2.14. The molecule has 5 atom stereocenters. The fourth-order valence-corrected chi connectivity index (χ4v) is 6.78. The van der Waals surface area contributed by atoms with E-state index in [4.69, 9.17) is 0 Å². The highest BCUT2D eigenvalue weighted by molar-refractivity contribution is 5.76. The number of amides is 1. The molecule has 4 nitrogen and oxygen atoms in total. The summed E-state index contributed by atoms with van der Waals surface area (Å²) in [6, 6.07) is 0. The van der Waals surface area contributed by atoms with Crippen molar-refractivity contribution in [1.29, 1.82) is 0 Å². The van der Waals surface area contributed by atoms with Gasteiger partial charge in [-0.1, -0.05) is 25.5 Å². The minimum absolute atomic E-state index is 0.143. The fourth-order valence-electron chi connectivity index (χ4n) is 6.78. The van der Waals surface area contributed by atoms with Crippen molar-refractivity contribution in [2.75, 3.05) is 6.54 Å². The zero-order chi connectivity index (χ0) is 17.9. The van der Waals surface area contributed by atoms with Crippen molar-refractivity contribution in [2.45, 2.75) is 52.4 Å². The number of allylic oxidation sites excluding steroid dienone is 4. The van der Waals surface area contributed by atoms with Gasteiger partial charge in [0.05, 0.1) is 6.33 Å². The van der Waals surface area contributed by atoms with Gasteiger partial charge in [-0.05, 0) is 61.3 Å². The second kappa shape index (κ2) is 5.58. The number of carbonyl (C=O) groups excluding carboxylic acids is 1. The Kier molecular flexibility index (Phi) is 3.51. The summed E-state index contributed by atoms with van der Waals surface area (Å²) in [5, 5.41) is 3.13. The van der Waals surface area contributed by atoms with Gasteiger partial charge in [-0.25, -0.2) is 4.98 Å². The summed E-state index contributed by atoms with van der Waals surface area (Å²) in [6.07, 6.45) is 17.4. The summed E-state index contributed by atoms with van der Waals surface area (Å²) >= 11 is 0. The van der Waals surface area contributed by atoms with Gasteiger partial charge < -0.3 is 9.88 Å². The maximum Gasteiger partial charge on any atom is 0.220 e. The van der Waals surface area contributed by atoms with Gasteiger partial charge in [0.15, 0.2) is 0 Å². The number of hydrogen-bond donors (Lipinski definition) is 1. The van der Waals surface area contributed by atoms with Gasteiger partial charge in [-0.2, -0.15) is 0 Å². The Bertz CT molecular complexity index is 792. The third-order valence-electron chi connectivity index (χ3n) is 8.27. The van der Waals surface area contributed by atoms with Crippen LogP contribution in [0.15, 0.2) is 36.4 Å². The van der Waals surface area contributed by atoms with Gasteiger partial charge in [0, 0.05) is 36.5 Å². The van der Waals surface area contributed by atoms with Gasteiger partial charge in [0.2, 0.25) is 5.91 Å². The Morgan fingerprint density at radius 3 is 2.88 bits per heavy atom. The van der Waals surface area contributed by atoms with Crippen LogP contribution in [0.5, 0.6) is 0 Å². The minimum atomic E-state index is 0.143. The standard InChI is InChI=1S/C22H29N3O/c1-21-9-10-24-20(26)13-15(21)3-4-16-17-5-6-19(25-12-11-23-14-25)22(17,2)8-7-18(16)21/h5-6,11-12,14-16,18H,3-4,7-10,13H2,1-2H3,(H,24,26). The number of nitrogens with one attached hydrogen (secondary N) is 1. The number of fused-ring (bicyclic) bond motifs is 5. The first kappa shape index (κ1) is 16.3. The number of hydrogen-bond acceptors (Lipinski definition) is 2. The molecule has 0 aromatic carbocycles. The fraction of sp³-hybridized carbons (Fsp3) is 0.636. The van der Waals surface area contributed by atoms with E-state index in [1.165, 1.54) is 31.4 Å². The lowest BCUT2D eigenvalue weighted by atomic mass is 9.48. The van der Waals surface area contributed by atoms with E-state index >= 15 is 0 Å². The highest BCUT2D eigenvalue weighted by Crippen LogP contribution is 2.64. The molecule has 3 fully saturated rings. The summed E-state index contributed by atoms with van der Waals surface area (Å²) in [5.41, 5.74) is 3.46. The number of carbonyl (C=O) groups is 1. The van der Waals surface area contributed by atoms with Gasteiger partial charge in [0.25, 0.3) is 0 Å². The van der Waals surface area contributed by atoms with Crippen LogP contribution in [0.2, 0.25) is 0 Å². The predicted molar refractivity (Wildman–Crippen MR) is 102 cm³/mol. The van der Waals surface area contributed by atoms with Crippen molar-refractivity contribution in [3.8, 4) is 0 Å². The Labute approximate surface area is 155 Å². The van der Waals surface area contributed by atoms with E-state index in [2.05, 4.69) is 47.1 Å². The van der Waals surface area contributed by atoms with Crippen LogP contribution in [-0.2, 0) is 4.79 Å². The molecule has 1 saturated heterocycles. The van der Waals surface area contributed by atoms with Gasteiger partial charge in [0.1, 0.15) is 0 Å². The smallest absolute Gasteiger partial charge is 0.220 e. The van der Waals surface area contributed by atoms with Crippen molar-refractivity contribution in [2.24, 2.45) is 28.6 Å². The largest absolute Gasteiger partial charge is 0.356 e. The maximum atomic E-state index is 12.1. The molecule has 138 valence electrons.